The third kappa shape index (κ3) is 3.87. The third-order valence-corrected chi connectivity index (χ3v) is 3.94. The van der Waals surface area contributed by atoms with Gasteiger partial charge in [-0.25, -0.2) is 0 Å². The number of thioether (sulfide) groups is 1. The molecule has 1 rings (SSSR count). The van der Waals surface area contributed by atoms with Crippen LogP contribution in [0.25, 0.3) is 0 Å². The number of rotatable bonds is 4. The monoisotopic (exact) mass is 228 g/mol. The zero-order valence-electron chi connectivity index (χ0n) is 9.62. The van der Waals surface area contributed by atoms with Gasteiger partial charge in [0.25, 0.3) is 0 Å². The molecule has 3 nitrogen and oxygen atoms in total. The maximum absolute atomic E-state index is 11.7. The minimum absolute atomic E-state index is 0.0299. The highest BCUT2D eigenvalue weighted by molar-refractivity contribution is 7.99. The summed E-state index contributed by atoms with van der Waals surface area (Å²) in [5.41, 5.74) is 5.70. The highest BCUT2D eigenvalue weighted by Crippen LogP contribution is 2.21. The summed E-state index contributed by atoms with van der Waals surface area (Å²) in [5, 5.41) is 2.97. The van der Waals surface area contributed by atoms with E-state index < -0.39 is 0 Å². The van der Waals surface area contributed by atoms with Gasteiger partial charge in [-0.05, 0) is 26.5 Å². The first-order valence-electron chi connectivity index (χ1n) is 5.21. The van der Waals surface area contributed by atoms with Crippen molar-refractivity contribution in [3.05, 3.63) is 12.2 Å². The first-order valence-corrected chi connectivity index (χ1v) is 6.44. The van der Waals surface area contributed by atoms with Gasteiger partial charge in [-0.2, -0.15) is 11.8 Å². The van der Waals surface area contributed by atoms with E-state index in [-0.39, 0.29) is 22.6 Å². The number of carbonyl (C=O) groups excluding carboxylic acids is 1. The molecule has 0 radical (unpaired) electrons. The van der Waals surface area contributed by atoms with Crippen molar-refractivity contribution in [2.75, 3.05) is 12.8 Å². The Balaban J connectivity index is 2.34. The molecule has 0 aromatic carbocycles. The fourth-order valence-corrected chi connectivity index (χ4v) is 1.64. The van der Waals surface area contributed by atoms with Gasteiger partial charge in [0.15, 0.2) is 0 Å². The molecule has 2 atom stereocenters. The summed E-state index contributed by atoms with van der Waals surface area (Å²) in [4.78, 5) is 11.7. The predicted molar refractivity (Wildman–Crippen MR) is 65.8 cm³/mol. The van der Waals surface area contributed by atoms with Crippen LogP contribution in [0.2, 0.25) is 0 Å². The lowest BCUT2D eigenvalue weighted by molar-refractivity contribution is -0.123. The highest BCUT2D eigenvalue weighted by atomic mass is 32.2. The Morgan fingerprint density at radius 1 is 1.60 bits per heavy atom. The Morgan fingerprint density at radius 2 is 2.27 bits per heavy atom. The van der Waals surface area contributed by atoms with Crippen LogP contribution in [-0.2, 0) is 4.79 Å². The molecular formula is C11H20N2OS. The van der Waals surface area contributed by atoms with E-state index >= 15 is 0 Å². The summed E-state index contributed by atoms with van der Waals surface area (Å²) in [6.07, 6.45) is 6.61. The topological polar surface area (TPSA) is 55.1 Å². The number of nitrogens with one attached hydrogen (secondary N) is 1. The first kappa shape index (κ1) is 12.6. The molecule has 15 heavy (non-hydrogen) atoms. The molecule has 1 amide bonds. The van der Waals surface area contributed by atoms with Gasteiger partial charge in [-0.1, -0.05) is 12.2 Å². The molecule has 0 aromatic rings. The Kier molecular flexibility index (Phi) is 4.22. The smallest absolute Gasteiger partial charge is 0.227 e. The molecular weight excluding hydrogens is 208 g/mol. The maximum Gasteiger partial charge on any atom is 0.227 e. The van der Waals surface area contributed by atoms with Crippen molar-refractivity contribution in [3.8, 4) is 0 Å². The van der Waals surface area contributed by atoms with Crippen LogP contribution in [0.5, 0.6) is 0 Å². The lowest BCUT2D eigenvalue weighted by atomic mass is 10.1. The molecule has 0 heterocycles. The predicted octanol–water partition coefficient (Wildman–Crippen LogP) is 1.15. The maximum atomic E-state index is 11.7. The molecule has 86 valence electrons. The number of carbonyl (C=O) groups is 1. The highest BCUT2D eigenvalue weighted by Gasteiger charge is 2.24. The van der Waals surface area contributed by atoms with Gasteiger partial charge in [0.1, 0.15) is 0 Å². The molecule has 3 N–H and O–H groups in total. The first-order chi connectivity index (χ1) is 6.94. The van der Waals surface area contributed by atoms with Crippen LogP contribution in [0.4, 0.5) is 0 Å². The quantitative estimate of drug-likeness (QED) is 0.710. The van der Waals surface area contributed by atoms with Crippen molar-refractivity contribution in [2.45, 2.75) is 31.1 Å². The molecule has 0 saturated carbocycles. The van der Waals surface area contributed by atoms with Crippen molar-refractivity contribution in [1.82, 2.24) is 5.32 Å². The Bertz CT molecular complexity index is 263. The van der Waals surface area contributed by atoms with Crippen LogP contribution in [0.1, 0.15) is 20.3 Å². The minimum atomic E-state index is -0.0299. The zero-order chi connectivity index (χ0) is 11.5. The van der Waals surface area contributed by atoms with Gasteiger partial charge >= 0.3 is 0 Å². The van der Waals surface area contributed by atoms with Crippen LogP contribution < -0.4 is 11.1 Å². The van der Waals surface area contributed by atoms with Gasteiger partial charge in [0, 0.05) is 17.3 Å². The van der Waals surface area contributed by atoms with Gasteiger partial charge in [0.2, 0.25) is 5.91 Å². The lowest BCUT2D eigenvalue weighted by Gasteiger charge is -2.23. The van der Waals surface area contributed by atoms with Crippen LogP contribution in [-0.4, -0.2) is 29.5 Å². The summed E-state index contributed by atoms with van der Waals surface area (Å²) in [7, 11) is 0. The summed E-state index contributed by atoms with van der Waals surface area (Å²) in [6.45, 7) is 4.94. The molecule has 0 aromatic heterocycles. The van der Waals surface area contributed by atoms with Crippen molar-refractivity contribution in [1.29, 1.82) is 0 Å². The molecule has 1 aliphatic carbocycles. The van der Waals surface area contributed by atoms with Crippen LogP contribution in [0.15, 0.2) is 12.2 Å². The number of hydrogen-bond acceptors (Lipinski definition) is 3. The zero-order valence-corrected chi connectivity index (χ0v) is 10.4. The molecule has 1 aliphatic rings. The normalized spacial score (nSPS) is 25.6. The lowest BCUT2D eigenvalue weighted by Crippen LogP contribution is -2.39. The summed E-state index contributed by atoms with van der Waals surface area (Å²) in [5.74, 6) is 0.0685. The van der Waals surface area contributed by atoms with E-state index in [1.54, 1.807) is 11.8 Å². The van der Waals surface area contributed by atoms with E-state index in [1.807, 2.05) is 12.2 Å². The molecule has 2 unspecified atom stereocenters. The molecule has 0 spiro atoms. The van der Waals surface area contributed by atoms with Gasteiger partial charge in [0.05, 0.1) is 5.92 Å². The van der Waals surface area contributed by atoms with E-state index in [2.05, 4.69) is 25.4 Å². The van der Waals surface area contributed by atoms with E-state index in [4.69, 9.17) is 5.73 Å². The Labute approximate surface area is 95.9 Å². The molecule has 0 saturated heterocycles. The molecule has 0 fully saturated rings. The molecule has 0 bridgehead atoms. The van der Waals surface area contributed by atoms with E-state index in [0.29, 0.717) is 6.54 Å². The van der Waals surface area contributed by atoms with Gasteiger partial charge < -0.3 is 11.1 Å². The van der Waals surface area contributed by atoms with Gasteiger partial charge in [-0.15, -0.1) is 0 Å². The van der Waals surface area contributed by atoms with Crippen molar-refractivity contribution in [2.24, 2.45) is 11.7 Å². The van der Waals surface area contributed by atoms with E-state index in [9.17, 15) is 4.79 Å². The fourth-order valence-electron chi connectivity index (χ4n) is 1.42. The average Bonchev–Trinajstić information content (AvgIpc) is 2.61. The number of amides is 1. The third-order valence-electron chi connectivity index (χ3n) is 2.69. The van der Waals surface area contributed by atoms with E-state index in [1.165, 1.54) is 0 Å². The minimum Gasteiger partial charge on any atom is -0.354 e. The van der Waals surface area contributed by atoms with Crippen molar-refractivity contribution < 1.29 is 4.79 Å². The average molecular weight is 228 g/mol. The summed E-state index contributed by atoms with van der Waals surface area (Å²) < 4.78 is 0.0973. The van der Waals surface area contributed by atoms with Crippen LogP contribution in [0, 0.1) is 5.92 Å². The second kappa shape index (κ2) is 5.03. The SMILES string of the molecule is CSC(C)(C)CNC(=O)C1C=CC(N)C1. The van der Waals surface area contributed by atoms with Crippen LogP contribution in [0.3, 0.4) is 0 Å². The van der Waals surface area contributed by atoms with Crippen molar-refractivity contribution >= 4 is 17.7 Å². The standard InChI is InChI=1S/C11H20N2OS/c1-11(2,15-3)7-13-10(14)8-4-5-9(12)6-8/h4-5,8-9H,6-7,12H2,1-3H3,(H,13,14). The largest absolute Gasteiger partial charge is 0.354 e. The second-order valence-corrected chi connectivity index (χ2v) is 6.09. The number of nitrogens with two attached hydrogens (primary N) is 1. The summed E-state index contributed by atoms with van der Waals surface area (Å²) >= 11 is 1.75. The fraction of sp³-hybridized carbons (Fsp3) is 0.727. The second-order valence-electron chi connectivity index (χ2n) is 4.57. The number of hydrogen-bond donors (Lipinski definition) is 2. The van der Waals surface area contributed by atoms with Crippen molar-refractivity contribution in [3.63, 3.8) is 0 Å². The van der Waals surface area contributed by atoms with Gasteiger partial charge in [-0.3, -0.25) is 4.79 Å². The molecule has 0 aliphatic heterocycles. The molecule has 4 heteroatoms. The van der Waals surface area contributed by atoms with Crippen LogP contribution >= 0.6 is 11.8 Å². The summed E-state index contributed by atoms with van der Waals surface area (Å²) in [6, 6.07) is 0.0503. The Hall–Kier alpha value is -0.480. The Morgan fingerprint density at radius 3 is 2.73 bits per heavy atom. The van der Waals surface area contributed by atoms with E-state index in [0.717, 1.165) is 6.42 Å².